The molecule has 0 rings (SSSR count). The fraction of sp³-hybridized carbons (Fsp3) is 0.750. The Labute approximate surface area is 98.3 Å². The maximum Gasteiger partial charge on any atom is -0.344 e. The van der Waals surface area contributed by atoms with Gasteiger partial charge in [0.1, 0.15) is 0 Å². The van der Waals surface area contributed by atoms with E-state index < -0.39 is 21.0 Å². The molecule has 0 aliphatic heterocycles. The number of carbonyl (C=O) groups is 2. The first-order chi connectivity index (χ1) is 6.24. The third-order valence-corrected chi connectivity index (χ3v) is 11.2. The van der Waals surface area contributed by atoms with E-state index in [4.69, 9.17) is 18.8 Å². The van der Waals surface area contributed by atoms with Gasteiger partial charge in [0.15, 0.2) is 0 Å². The standard InChI is InChI=1S/2C4H7O.2ClH.H3N.O.Pt/c2*1-2-3-4-5;;;;;/h2*2-3H2,1H3;2*1H;1H3;;/q;;;;;;+2/p-2. The summed E-state index contributed by atoms with van der Waals surface area (Å²) in [6.07, 6.45) is 0.969. The fourth-order valence-corrected chi connectivity index (χ4v) is 6.41. The third-order valence-electron chi connectivity index (χ3n) is 1.45. The van der Waals surface area contributed by atoms with Gasteiger partial charge in [0, 0.05) is 0 Å². The molecule has 0 aromatic rings. The van der Waals surface area contributed by atoms with Crippen molar-refractivity contribution in [1.82, 2.24) is 6.15 Å². The summed E-state index contributed by atoms with van der Waals surface area (Å²) in [5.41, 5.74) is 0. The normalized spacial score (nSPS) is 13.5. The monoisotopic (exact) mass is 440 g/mol. The fourth-order valence-electron chi connectivity index (χ4n) is 0.724. The molecule has 0 aromatic heterocycles. The second-order valence-corrected chi connectivity index (χ2v) is 18.0. The summed E-state index contributed by atoms with van der Waals surface area (Å²) in [6, 6.07) is 0. The molecular formula is C8H17Cl2NO3Pt. The van der Waals surface area contributed by atoms with E-state index in [1.165, 1.54) is 0 Å². The van der Waals surface area contributed by atoms with Crippen molar-refractivity contribution in [2.75, 3.05) is 0 Å². The predicted molar refractivity (Wildman–Crippen MR) is 57.2 cm³/mol. The molecule has 0 saturated heterocycles. The average molecular weight is 441 g/mol. The van der Waals surface area contributed by atoms with Gasteiger partial charge in [-0.15, -0.1) is 0 Å². The van der Waals surface area contributed by atoms with Gasteiger partial charge in [-0.1, -0.05) is 0 Å². The molecule has 0 aliphatic carbocycles. The zero-order valence-corrected chi connectivity index (χ0v) is 12.6. The Kier molecular flexibility index (Phi) is 7.33. The van der Waals surface area contributed by atoms with E-state index in [-0.39, 0.29) is 19.0 Å². The van der Waals surface area contributed by atoms with Crippen molar-refractivity contribution in [1.29, 1.82) is 0 Å². The smallest absolute Gasteiger partial charge is 0.344 e. The van der Waals surface area contributed by atoms with Gasteiger partial charge in [-0.25, -0.2) is 0 Å². The van der Waals surface area contributed by atoms with Gasteiger partial charge in [0.2, 0.25) is 0 Å². The van der Waals surface area contributed by atoms with Crippen LogP contribution >= 0.6 is 18.8 Å². The van der Waals surface area contributed by atoms with Crippen molar-refractivity contribution in [2.24, 2.45) is 0 Å². The van der Waals surface area contributed by atoms with Crippen LogP contribution in [-0.2, 0) is 25.7 Å². The molecule has 0 aromatic carbocycles. The Morgan fingerprint density at radius 3 is 1.47 bits per heavy atom. The molecule has 15 heavy (non-hydrogen) atoms. The van der Waals surface area contributed by atoms with Gasteiger partial charge in [0.05, 0.1) is 0 Å². The van der Waals surface area contributed by atoms with Crippen LogP contribution in [0.15, 0.2) is 0 Å². The quantitative estimate of drug-likeness (QED) is 0.687. The molecule has 0 spiro atoms. The molecule has 0 atom stereocenters. The first-order valence-corrected chi connectivity index (χ1v) is 13.0. The van der Waals surface area contributed by atoms with Crippen molar-refractivity contribution in [3.8, 4) is 0 Å². The van der Waals surface area contributed by atoms with Crippen LogP contribution in [0.1, 0.15) is 39.5 Å². The van der Waals surface area contributed by atoms with Gasteiger partial charge in [-0.05, 0) is 0 Å². The number of rotatable bonds is 6. The van der Waals surface area contributed by atoms with Crippen LogP contribution in [0.25, 0.3) is 0 Å². The van der Waals surface area contributed by atoms with Gasteiger partial charge >= 0.3 is 92.4 Å². The zero-order chi connectivity index (χ0) is 11.4. The largest absolute Gasteiger partial charge is 0.344 e. The molecule has 0 saturated carbocycles. The number of carbonyl (C=O) groups excluding carboxylic acids is 2. The van der Waals surface area contributed by atoms with E-state index in [2.05, 4.69) is 0 Å². The van der Waals surface area contributed by atoms with E-state index in [9.17, 15) is 13.0 Å². The van der Waals surface area contributed by atoms with Crippen molar-refractivity contribution in [3.63, 3.8) is 0 Å². The Morgan fingerprint density at radius 2 is 1.27 bits per heavy atom. The minimum Gasteiger partial charge on any atom is -0.344 e. The minimum absolute atomic E-state index is 0. The van der Waals surface area contributed by atoms with E-state index in [1.54, 1.807) is 13.8 Å². The van der Waals surface area contributed by atoms with Crippen LogP contribution in [-0.4, -0.2) is 8.35 Å². The van der Waals surface area contributed by atoms with Crippen molar-refractivity contribution in [3.05, 3.63) is 0 Å². The predicted octanol–water partition coefficient (Wildman–Crippen LogP) is 3.14. The summed E-state index contributed by atoms with van der Waals surface area (Å²) in [5, 5.41) is 0. The molecule has 0 fully saturated rings. The summed E-state index contributed by atoms with van der Waals surface area (Å²) < 4.78 is 10.3. The topological polar surface area (TPSA) is 86.2 Å². The van der Waals surface area contributed by atoms with Gasteiger partial charge in [-0.3, -0.25) is 0 Å². The van der Waals surface area contributed by atoms with Crippen molar-refractivity contribution >= 4 is 27.2 Å². The summed E-state index contributed by atoms with van der Waals surface area (Å²) in [6.45, 7) is 3.47. The van der Waals surface area contributed by atoms with Crippen LogP contribution < -0.4 is 6.15 Å². The second-order valence-electron chi connectivity index (χ2n) is 2.73. The van der Waals surface area contributed by atoms with E-state index in [1.807, 2.05) is 0 Å². The number of halogens is 2. The van der Waals surface area contributed by atoms with Gasteiger partial charge in [0.25, 0.3) is 0 Å². The molecule has 0 aliphatic rings. The van der Waals surface area contributed by atoms with Crippen LogP contribution in [0, 0.1) is 0 Å². The molecule has 0 unspecified atom stereocenters. The first kappa shape index (κ1) is 17.8. The molecule has 7 heteroatoms. The maximum absolute atomic E-state index is 11.9. The van der Waals surface area contributed by atoms with Crippen LogP contribution in [0.2, 0.25) is 0 Å². The van der Waals surface area contributed by atoms with Gasteiger partial charge in [-0.2, -0.15) is 0 Å². The molecule has 4 nitrogen and oxygen atoms in total. The van der Waals surface area contributed by atoms with Crippen molar-refractivity contribution in [2.45, 2.75) is 39.5 Å². The summed E-state index contributed by atoms with van der Waals surface area (Å²) in [4.78, 5) is 22.8. The molecule has 0 amide bonds. The Balaban J connectivity index is 0. The Morgan fingerprint density at radius 1 is 1.00 bits per heavy atom. The Bertz CT molecular complexity index is 287. The molecular weight excluding hydrogens is 424 g/mol. The third kappa shape index (κ3) is 4.39. The summed E-state index contributed by atoms with van der Waals surface area (Å²) >= 11 is -5.65. The number of hydrogen-bond donors (Lipinski definition) is 1. The van der Waals surface area contributed by atoms with Crippen LogP contribution in [0.4, 0.5) is 0 Å². The first-order valence-electron chi connectivity index (χ1n) is 4.21. The zero-order valence-electron chi connectivity index (χ0n) is 8.83. The van der Waals surface area contributed by atoms with E-state index in [0.717, 1.165) is 0 Å². The molecule has 3 N–H and O–H groups in total. The molecule has 96 valence electrons. The van der Waals surface area contributed by atoms with Gasteiger partial charge < -0.3 is 6.15 Å². The van der Waals surface area contributed by atoms with Crippen LogP contribution in [0.3, 0.4) is 0 Å². The number of hydrogen-bond acceptors (Lipinski definition) is 4. The molecule has 0 bridgehead atoms. The Hall–Kier alpha value is 0.368. The summed E-state index contributed by atoms with van der Waals surface area (Å²) in [7, 11) is 11.1. The minimum atomic E-state index is -5.65. The summed E-state index contributed by atoms with van der Waals surface area (Å²) in [5.74, 6) is 0. The molecule has 0 radical (unpaired) electrons. The average Bonchev–Trinajstić information content (AvgIpc) is 2.04. The van der Waals surface area contributed by atoms with Crippen molar-refractivity contribution < 1.29 is 25.7 Å². The van der Waals surface area contributed by atoms with Crippen LogP contribution in [0.5, 0.6) is 0 Å². The molecule has 0 heterocycles. The SMILES string of the molecule is CCC[C](=O)[Pt](=[O])([Cl])([Cl])[C](=O)CCC.N. The van der Waals surface area contributed by atoms with E-state index >= 15 is 0 Å². The second kappa shape index (κ2) is 6.19. The van der Waals surface area contributed by atoms with E-state index in [0.29, 0.717) is 12.8 Å². The maximum atomic E-state index is 11.9.